The average molecular weight is 445 g/mol. The van der Waals surface area contributed by atoms with Crippen LogP contribution in [-0.2, 0) is 15.6 Å². The first-order valence-corrected chi connectivity index (χ1v) is 11.8. The Labute approximate surface area is 171 Å². The zero-order valence-electron chi connectivity index (χ0n) is 14.0. The molecule has 0 radical (unpaired) electrons. The predicted molar refractivity (Wildman–Crippen MR) is 110 cm³/mol. The quantitative estimate of drug-likeness (QED) is 0.703. The lowest BCUT2D eigenvalue weighted by molar-refractivity contribution is 0.601. The largest absolute Gasteiger partial charge is 0.315 e. The highest BCUT2D eigenvalue weighted by Gasteiger charge is 2.47. The van der Waals surface area contributed by atoms with Crippen LogP contribution >= 0.6 is 35.0 Å². The van der Waals surface area contributed by atoms with Crippen molar-refractivity contribution in [2.24, 2.45) is 4.99 Å². The zero-order chi connectivity index (χ0) is 19.2. The van der Waals surface area contributed by atoms with E-state index in [0.29, 0.717) is 15.8 Å². The van der Waals surface area contributed by atoms with E-state index in [4.69, 9.17) is 23.2 Å². The summed E-state index contributed by atoms with van der Waals surface area (Å²) in [6, 6.07) is 11.1. The van der Waals surface area contributed by atoms with Crippen LogP contribution in [0.15, 0.2) is 47.5 Å². The Kier molecular flexibility index (Phi) is 5.14. The lowest BCUT2D eigenvalue weighted by Gasteiger charge is -2.26. The molecule has 142 valence electrons. The summed E-state index contributed by atoms with van der Waals surface area (Å²) < 4.78 is 37.4. The lowest BCUT2D eigenvalue weighted by atomic mass is 10.1. The van der Waals surface area contributed by atoms with Gasteiger partial charge in [-0.25, -0.2) is 12.8 Å². The molecule has 2 aromatic carbocycles. The van der Waals surface area contributed by atoms with Crippen molar-refractivity contribution in [2.75, 3.05) is 16.4 Å². The van der Waals surface area contributed by atoms with Gasteiger partial charge >= 0.3 is 0 Å². The maximum atomic E-state index is 13.2. The van der Waals surface area contributed by atoms with E-state index in [2.05, 4.69) is 4.99 Å². The number of rotatable bonds is 3. The lowest BCUT2D eigenvalue weighted by Crippen LogP contribution is -2.39. The summed E-state index contributed by atoms with van der Waals surface area (Å²) in [6.07, 6.45) is 0. The molecule has 0 amide bonds. The Morgan fingerprint density at radius 3 is 2.59 bits per heavy atom. The van der Waals surface area contributed by atoms with Crippen LogP contribution in [0.25, 0.3) is 0 Å². The maximum absolute atomic E-state index is 13.2. The molecule has 2 heterocycles. The summed E-state index contributed by atoms with van der Waals surface area (Å²) in [6.45, 7) is 0. The monoisotopic (exact) mass is 444 g/mol. The van der Waals surface area contributed by atoms with E-state index in [1.807, 2.05) is 17.0 Å². The van der Waals surface area contributed by atoms with Gasteiger partial charge in [-0.1, -0.05) is 41.0 Å². The highest BCUT2D eigenvalue weighted by Crippen LogP contribution is 2.36. The van der Waals surface area contributed by atoms with E-state index in [0.717, 1.165) is 16.4 Å². The third kappa shape index (κ3) is 3.97. The third-order valence-corrected chi connectivity index (χ3v) is 7.90. The fourth-order valence-electron chi connectivity index (χ4n) is 3.32. The Bertz CT molecular complexity index is 1010. The number of thioether (sulfide) groups is 1. The SMILES string of the molecule is O=S1(=O)C[C@H]2N=C(SCc3ccc(F)cc3Cl)N(c3ccc(Cl)cc3)[C@H]2C1. The van der Waals surface area contributed by atoms with E-state index in [-0.39, 0.29) is 29.4 Å². The van der Waals surface area contributed by atoms with Crippen LogP contribution in [0.2, 0.25) is 10.0 Å². The van der Waals surface area contributed by atoms with Gasteiger partial charge in [0.2, 0.25) is 0 Å². The van der Waals surface area contributed by atoms with Crippen molar-refractivity contribution in [3.05, 3.63) is 63.9 Å². The molecular weight excluding hydrogens is 430 g/mol. The number of benzene rings is 2. The molecule has 9 heteroatoms. The first-order valence-electron chi connectivity index (χ1n) is 8.22. The molecule has 0 N–H and O–H groups in total. The topological polar surface area (TPSA) is 49.7 Å². The second-order valence-corrected chi connectivity index (χ2v) is 10.4. The van der Waals surface area contributed by atoms with Crippen molar-refractivity contribution >= 4 is 55.7 Å². The van der Waals surface area contributed by atoms with E-state index < -0.39 is 9.84 Å². The van der Waals surface area contributed by atoms with Crippen LogP contribution in [0.1, 0.15) is 5.56 Å². The van der Waals surface area contributed by atoms with Crippen LogP contribution < -0.4 is 4.90 Å². The smallest absolute Gasteiger partial charge is 0.164 e. The van der Waals surface area contributed by atoms with Gasteiger partial charge in [-0.15, -0.1) is 0 Å². The minimum Gasteiger partial charge on any atom is -0.315 e. The van der Waals surface area contributed by atoms with Crippen molar-refractivity contribution in [1.29, 1.82) is 0 Å². The van der Waals surface area contributed by atoms with Gasteiger partial charge in [0.1, 0.15) is 5.82 Å². The fourth-order valence-corrected chi connectivity index (χ4v) is 6.73. The summed E-state index contributed by atoms with van der Waals surface area (Å²) in [4.78, 5) is 6.63. The molecule has 2 atom stereocenters. The highest BCUT2D eigenvalue weighted by atomic mass is 35.5. The number of anilines is 1. The zero-order valence-corrected chi connectivity index (χ0v) is 17.1. The number of fused-ring (bicyclic) bond motifs is 1. The van der Waals surface area contributed by atoms with Crippen molar-refractivity contribution < 1.29 is 12.8 Å². The summed E-state index contributed by atoms with van der Waals surface area (Å²) in [5, 5.41) is 1.71. The number of sulfone groups is 1. The van der Waals surface area contributed by atoms with Gasteiger partial charge in [0.05, 0.1) is 23.6 Å². The van der Waals surface area contributed by atoms with E-state index >= 15 is 0 Å². The number of amidine groups is 1. The molecule has 0 aromatic heterocycles. The van der Waals surface area contributed by atoms with E-state index in [1.165, 1.54) is 23.9 Å². The average Bonchev–Trinajstić information content (AvgIpc) is 3.06. The van der Waals surface area contributed by atoms with Crippen LogP contribution in [0.5, 0.6) is 0 Å². The van der Waals surface area contributed by atoms with Gasteiger partial charge < -0.3 is 4.90 Å². The first kappa shape index (κ1) is 19.1. The Balaban J connectivity index is 1.61. The van der Waals surface area contributed by atoms with Gasteiger partial charge in [-0.3, -0.25) is 4.99 Å². The van der Waals surface area contributed by atoms with Gasteiger partial charge in [-0.2, -0.15) is 0 Å². The maximum Gasteiger partial charge on any atom is 0.164 e. The molecule has 1 fully saturated rings. The summed E-state index contributed by atoms with van der Waals surface area (Å²) in [7, 11) is -3.10. The van der Waals surface area contributed by atoms with Crippen molar-refractivity contribution in [2.45, 2.75) is 17.8 Å². The molecule has 0 spiro atoms. The predicted octanol–water partition coefficient (Wildman–Crippen LogP) is 4.41. The van der Waals surface area contributed by atoms with Crippen molar-refractivity contribution in [3.8, 4) is 0 Å². The Morgan fingerprint density at radius 2 is 1.89 bits per heavy atom. The summed E-state index contributed by atoms with van der Waals surface area (Å²) >= 11 is 13.6. The van der Waals surface area contributed by atoms with Gasteiger partial charge in [0, 0.05) is 21.5 Å². The minimum absolute atomic E-state index is 0.0587. The summed E-state index contributed by atoms with van der Waals surface area (Å²) in [5.74, 6) is 0.261. The van der Waals surface area contributed by atoms with Crippen LogP contribution in [0.3, 0.4) is 0 Å². The molecule has 0 bridgehead atoms. The van der Waals surface area contributed by atoms with Crippen molar-refractivity contribution in [1.82, 2.24) is 0 Å². The second-order valence-electron chi connectivity index (χ2n) is 6.49. The van der Waals surface area contributed by atoms with E-state index in [9.17, 15) is 12.8 Å². The molecule has 2 aliphatic heterocycles. The molecule has 4 nitrogen and oxygen atoms in total. The highest BCUT2D eigenvalue weighted by molar-refractivity contribution is 8.13. The fraction of sp³-hybridized carbons (Fsp3) is 0.278. The number of hydrogen-bond donors (Lipinski definition) is 0. The van der Waals surface area contributed by atoms with Crippen LogP contribution in [0.4, 0.5) is 10.1 Å². The molecular formula is C18H15Cl2FN2O2S2. The molecule has 4 rings (SSSR count). The van der Waals surface area contributed by atoms with E-state index in [1.54, 1.807) is 18.2 Å². The Morgan fingerprint density at radius 1 is 1.15 bits per heavy atom. The van der Waals surface area contributed by atoms with Gasteiger partial charge in [-0.05, 0) is 42.0 Å². The molecule has 27 heavy (non-hydrogen) atoms. The second kappa shape index (κ2) is 7.28. The molecule has 0 aliphatic carbocycles. The standard InChI is InChI=1S/C18H15Cl2FN2O2S2/c19-12-2-5-14(6-3-12)23-17-10-27(24,25)9-16(17)22-18(23)26-8-11-1-4-13(21)7-15(11)20/h1-7,16-17H,8-10H2/t16-,17+/m1/s1. The van der Waals surface area contributed by atoms with Crippen molar-refractivity contribution in [3.63, 3.8) is 0 Å². The molecule has 2 aromatic rings. The van der Waals surface area contributed by atoms with Gasteiger partial charge in [0.25, 0.3) is 0 Å². The molecule has 0 unspecified atom stereocenters. The third-order valence-electron chi connectivity index (χ3n) is 4.58. The molecule has 1 saturated heterocycles. The number of hydrogen-bond acceptors (Lipinski definition) is 5. The number of aliphatic imine (C=N–C) groups is 1. The number of halogens is 3. The minimum atomic E-state index is -3.10. The Hall–Kier alpha value is -1.28. The normalized spacial score (nSPS) is 23.4. The molecule has 0 saturated carbocycles. The number of nitrogens with zero attached hydrogens (tertiary/aromatic N) is 2. The molecule has 2 aliphatic rings. The van der Waals surface area contributed by atoms with Crippen LogP contribution in [-0.4, -0.2) is 37.2 Å². The van der Waals surface area contributed by atoms with Crippen LogP contribution in [0, 0.1) is 5.82 Å². The summed E-state index contributed by atoms with van der Waals surface area (Å²) in [5.41, 5.74) is 1.65. The van der Waals surface area contributed by atoms with Gasteiger partial charge in [0.15, 0.2) is 15.0 Å². The first-order chi connectivity index (χ1) is 12.8.